The van der Waals surface area contributed by atoms with E-state index in [0.717, 1.165) is 16.7 Å². The van der Waals surface area contributed by atoms with E-state index in [1.54, 1.807) is 12.3 Å². The monoisotopic (exact) mass is 280 g/mol. The molecular formula is C16H16N4O. The number of aromatic nitrogens is 3. The highest BCUT2D eigenvalue weighted by atomic mass is 16.1. The standard InChI is InChI=1S/C16H16N4O/c1-20-9-8-18-16(20)7-6-15(21)14-10-12(17)11-4-2-3-5-13(11)19-14/h2-5,8-10H,6-7H2,1H3,(H2,17,19). The normalized spacial score (nSPS) is 10.9. The Hall–Kier alpha value is -2.69. The number of ketones is 1. The van der Waals surface area contributed by atoms with Crippen LogP contribution in [0.15, 0.2) is 42.7 Å². The second kappa shape index (κ2) is 5.36. The largest absolute Gasteiger partial charge is 0.398 e. The summed E-state index contributed by atoms with van der Waals surface area (Å²) in [5.74, 6) is 0.868. The van der Waals surface area contributed by atoms with Crippen molar-refractivity contribution in [1.82, 2.24) is 14.5 Å². The van der Waals surface area contributed by atoms with Crippen molar-refractivity contribution in [2.75, 3.05) is 5.73 Å². The maximum absolute atomic E-state index is 12.3. The van der Waals surface area contributed by atoms with Gasteiger partial charge in [0.15, 0.2) is 5.78 Å². The zero-order chi connectivity index (χ0) is 14.8. The third-order valence-electron chi connectivity index (χ3n) is 3.53. The van der Waals surface area contributed by atoms with Gasteiger partial charge in [-0.15, -0.1) is 0 Å². The first-order valence-corrected chi connectivity index (χ1v) is 6.80. The molecule has 0 atom stereocenters. The minimum absolute atomic E-state index is 0.0181. The fourth-order valence-corrected chi connectivity index (χ4v) is 2.34. The summed E-state index contributed by atoms with van der Waals surface area (Å²) in [7, 11) is 1.92. The molecule has 0 aliphatic rings. The Morgan fingerprint density at radius 3 is 2.90 bits per heavy atom. The third-order valence-corrected chi connectivity index (χ3v) is 3.53. The number of fused-ring (bicyclic) bond motifs is 1. The number of hydrogen-bond acceptors (Lipinski definition) is 4. The fourth-order valence-electron chi connectivity index (χ4n) is 2.34. The lowest BCUT2D eigenvalue weighted by atomic mass is 10.1. The number of imidazole rings is 1. The van der Waals surface area contributed by atoms with Gasteiger partial charge in [0.25, 0.3) is 0 Å². The minimum Gasteiger partial charge on any atom is -0.398 e. The minimum atomic E-state index is -0.0181. The van der Waals surface area contributed by atoms with Gasteiger partial charge in [0.1, 0.15) is 11.5 Å². The first kappa shape index (κ1) is 13.3. The van der Waals surface area contributed by atoms with Gasteiger partial charge in [-0.1, -0.05) is 18.2 Å². The van der Waals surface area contributed by atoms with Gasteiger partial charge in [-0.3, -0.25) is 4.79 Å². The summed E-state index contributed by atoms with van der Waals surface area (Å²) in [5, 5.41) is 0.873. The molecule has 0 amide bonds. The van der Waals surface area contributed by atoms with Gasteiger partial charge in [0.05, 0.1) is 5.52 Å². The number of carbonyl (C=O) groups excluding carboxylic acids is 1. The van der Waals surface area contributed by atoms with Crippen molar-refractivity contribution >= 4 is 22.4 Å². The van der Waals surface area contributed by atoms with Crippen molar-refractivity contribution in [2.24, 2.45) is 7.05 Å². The molecule has 21 heavy (non-hydrogen) atoms. The van der Waals surface area contributed by atoms with Crippen LogP contribution in [0.3, 0.4) is 0 Å². The Labute approximate surface area is 122 Å². The summed E-state index contributed by atoms with van der Waals surface area (Å²) in [5.41, 5.74) is 7.75. The Kier molecular flexibility index (Phi) is 3.39. The zero-order valence-corrected chi connectivity index (χ0v) is 11.8. The van der Waals surface area contributed by atoms with Crippen molar-refractivity contribution in [3.05, 3.63) is 54.2 Å². The number of rotatable bonds is 4. The van der Waals surface area contributed by atoms with Gasteiger partial charge in [0.2, 0.25) is 0 Å². The van der Waals surface area contributed by atoms with Gasteiger partial charge in [-0.05, 0) is 12.1 Å². The van der Waals surface area contributed by atoms with Crippen LogP contribution >= 0.6 is 0 Å². The summed E-state index contributed by atoms with van der Waals surface area (Å²) in [4.78, 5) is 20.9. The summed E-state index contributed by atoms with van der Waals surface area (Å²) < 4.78 is 1.91. The van der Waals surface area contributed by atoms with Crippen molar-refractivity contribution in [3.8, 4) is 0 Å². The van der Waals surface area contributed by atoms with Crippen LogP contribution in [0.25, 0.3) is 10.9 Å². The van der Waals surface area contributed by atoms with E-state index in [1.165, 1.54) is 0 Å². The smallest absolute Gasteiger partial charge is 0.181 e. The summed E-state index contributed by atoms with van der Waals surface area (Å²) in [6.07, 6.45) is 4.56. The quantitative estimate of drug-likeness (QED) is 0.744. The number of nitrogen functional groups attached to an aromatic ring is 1. The third kappa shape index (κ3) is 2.63. The van der Waals surface area contributed by atoms with Crippen LogP contribution in [0, 0.1) is 0 Å². The van der Waals surface area contributed by atoms with Crippen LogP contribution in [-0.2, 0) is 13.5 Å². The zero-order valence-electron chi connectivity index (χ0n) is 11.8. The molecule has 5 nitrogen and oxygen atoms in total. The highest BCUT2D eigenvalue weighted by molar-refractivity contribution is 6.00. The molecular weight excluding hydrogens is 264 g/mol. The molecule has 1 aromatic carbocycles. The Bertz CT molecular complexity index is 807. The van der Waals surface area contributed by atoms with Crippen LogP contribution in [0.1, 0.15) is 22.7 Å². The maximum atomic E-state index is 12.3. The molecule has 0 radical (unpaired) electrons. The first-order chi connectivity index (χ1) is 10.1. The molecule has 5 heteroatoms. The molecule has 0 bridgehead atoms. The molecule has 0 unspecified atom stereocenters. The number of nitrogens with zero attached hydrogens (tertiary/aromatic N) is 3. The lowest BCUT2D eigenvalue weighted by Crippen LogP contribution is -2.07. The number of hydrogen-bond donors (Lipinski definition) is 1. The number of benzene rings is 1. The van der Waals surface area contributed by atoms with Crippen molar-refractivity contribution in [2.45, 2.75) is 12.8 Å². The Balaban J connectivity index is 1.83. The van der Waals surface area contributed by atoms with Crippen LogP contribution in [0.2, 0.25) is 0 Å². The van der Waals surface area contributed by atoms with E-state index in [9.17, 15) is 4.79 Å². The lowest BCUT2D eigenvalue weighted by molar-refractivity contribution is 0.0977. The van der Waals surface area contributed by atoms with Crippen LogP contribution < -0.4 is 5.73 Å². The predicted molar refractivity (Wildman–Crippen MR) is 82.0 cm³/mol. The van der Waals surface area contributed by atoms with Crippen LogP contribution in [-0.4, -0.2) is 20.3 Å². The van der Waals surface area contributed by atoms with E-state index in [0.29, 0.717) is 24.2 Å². The molecule has 0 aliphatic heterocycles. The van der Waals surface area contributed by atoms with E-state index < -0.39 is 0 Å². The molecule has 2 heterocycles. The molecule has 3 rings (SSSR count). The number of para-hydroxylation sites is 1. The molecule has 0 fully saturated rings. The Morgan fingerprint density at radius 1 is 1.33 bits per heavy atom. The van der Waals surface area contributed by atoms with E-state index in [2.05, 4.69) is 9.97 Å². The fraction of sp³-hybridized carbons (Fsp3) is 0.188. The number of aryl methyl sites for hydroxylation is 2. The number of pyridine rings is 1. The Morgan fingerprint density at radius 2 is 2.14 bits per heavy atom. The second-order valence-corrected chi connectivity index (χ2v) is 4.99. The SMILES string of the molecule is Cn1ccnc1CCC(=O)c1cc(N)c2ccccc2n1. The highest BCUT2D eigenvalue weighted by Crippen LogP contribution is 2.20. The van der Waals surface area contributed by atoms with E-state index >= 15 is 0 Å². The van der Waals surface area contributed by atoms with Gasteiger partial charge < -0.3 is 10.3 Å². The first-order valence-electron chi connectivity index (χ1n) is 6.80. The molecule has 0 aliphatic carbocycles. The number of nitrogens with two attached hydrogens (primary N) is 1. The van der Waals surface area contributed by atoms with Gasteiger partial charge >= 0.3 is 0 Å². The topological polar surface area (TPSA) is 73.8 Å². The van der Waals surface area contributed by atoms with Gasteiger partial charge in [-0.2, -0.15) is 0 Å². The molecule has 106 valence electrons. The summed E-state index contributed by atoms with van der Waals surface area (Å²) in [6, 6.07) is 9.21. The highest BCUT2D eigenvalue weighted by Gasteiger charge is 2.12. The number of anilines is 1. The molecule has 0 spiro atoms. The predicted octanol–water partition coefficient (Wildman–Crippen LogP) is 2.37. The van der Waals surface area contributed by atoms with E-state index in [4.69, 9.17) is 5.73 Å². The van der Waals surface area contributed by atoms with E-state index in [-0.39, 0.29) is 5.78 Å². The average Bonchev–Trinajstić information content (AvgIpc) is 2.90. The lowest BCUT2D eigenvalue weighted by Gasteiger charge is -2.06. The molecule has 0 saturated heterocycles. The van der Waals surface area contributed by atoms with Crippen molar-refractivity contribution in [1.29, 1.82) is 0 Å². The van der Waals surface area contributed by atoms with Gasteiger partial charge in [-0.25, -0.2) is 9.97 Å². The van der Waals surface area contributed by atoms with Crippen molar-refractivity contribution in [3.63, 3.8) is 0 Å². The number of Topliss-reactive ketones (excluding diaryl/α,β-unsaturated/α-hetero) is 1. The molecule has 3 aromatic rings. The van der Waals surface area contributed by atoms with Gasteiger partial charge in [0, 0.05) is 43.4 Å². The molecule has 2 N–H and O–H groups in total. The number of carbonyl (C=O) groups is 1. The molecule has 0 saturated carbocycles. The maximum Gasteiger partial charge on any atom is 0.181 e. The summed E-state index contributed by atoms with van der Waals surface area (Å²) >= 11 is 0. The average molecular weight is 280 g/mol. The molecule has 2 aromatic heterocycles. The van der Waals surface area contributed by atoms with Crippen LogP contribution in [0.4, 0.5) is 5.69 Å². The van der Waals surface area contributed by atoms with Crippen molar-refractivity contribution < 1.29 is 4.79 Å². The second-order valence-electron chi connectivity index (χ2n) is 4.99. The van der Waals surface area contributed by atoms with E-state index in [1.807, 2.05) is 42.1 Å². The summed E-state index contributed by atoms with van der Waals surface area (Å²) in [6.45, 7) is 0. The van der Waals surface area contributed by atoms with Crippen LogP contribution in [0.5, 0.6) is 0 Å².